The van der Waals surface area contributed by atoms with Crippen molar-refractivity contribution in [2.24, 2.45) is 0 Å². The minimum absolute atomic E-state index is 0.0324. The van der Waals surface area contributed by atoms with Crippen molar-refractivity contribution in [2.45, 2.75) is 17.4 Å². The molecule has 1 aromatic carbocycles. The monoisotopic (exact) mass is 349 g/mol. The molecule has 0 saturated carbocycles. The molecule has 0 aromatic heterocycles. The van der Waals surface area contributed by atoms with E-state index in [0.717, 1.165) is 6.07 Å². The lowest BCUT2D eigenvalue weighted by molar-refractivity contribution is -0.384. The Morgan fingerprint density at radius 1 is 1.36 bits per heavy atom. The molecule has 1 atom stereocenters. The summed E-state index contributed by atoms with van der Waals surface area (Å²) in [5.41, 5.74) is -0.317. The van der Waals surface area contributed by atoms with Crippen molar-refractivity contribution in [1.82, 2.24) is 4.72 Å². The smallest absolute Gasteiger partial charge is 0.293 e. The van der Waals surface area contributed by atoms with Gasteiger partial charge in [-0.05, 0) is 25.6 Å². The maximum atomic E-state index is 11.7. The van der Waals surface area contributed by atoms with Crippen molar-refractivity contribution in [2.75, 3.05) is 23.9 Å². The first-order valence-corrected chi connectivity index (χ1v) is 9.64. The van der Waals surface area contributed by atoms with Gasteiger partial charge in [-0.2, -0.15) is 0 Å². The van der Waals surface area contributed by atoms with Crippen LogP contribution in [-0.2, 0) is 19.9 Å². The van der Waals surface area contributed by atoms with Crippen LogP contribution in [0.25, 0.3) is 0 Å². The Hall–Kier alpha value is -1.72. The van der Waals surface area contributed by atoms with Crippen LogP contribution < -0.4 is 10.0 Å². The molecular formula is C11H15N3O6S2. The summed E-state index contributed by atoms with van der Waals surface area (Å²) in [5.74, 6) is -0.0641. The molecule has 1 saturated heterocycles. The van der Waals surface area contributed by atoms with Crippen LogP contribution in [0.3, 0.4) is 0 Å². The van der Waals surface area contributed by atoms with Crippen molar-refractivity contribution in [3.8, 4) is 0 Å². The Bertz CT molecular complexity index is 803. The van der Waals surface area contributed by atoms with Gasteiger partial charge in [0.25, 0.3) is 5.69 Å². The van der Waals surface area contributed by atoms with Crippen molar-refractivity contribution in [1.29, 1.82) is 0 Å². The molecule has 11 heteroatoms. The molecule has 1 unspecified atom stereocenters. The second-order valence-electron chi connectivity index (χ2n) is 4.89. The fourth-order valence-electron chi connectivity index (χ4n) is 2.20. The predicted octanol–water partition coefficient (Wildman–Crippen LogP) is 0.102. The lowest BCUT2D eigenvalue weighted by Gasteiger charge is -2.13. The zero-order valence-corrected chi connectivity index (χ0v) is 13.3. The molecule has 0 aliphatic carbocycles. The zero-order valence-electron chi connectivity index (χ0n) is 11.6. The summed E-state index contributed by atoms with van der Waals surface area (Å²) in [6.07, 6.45) is 0.357. The maximum absolute atomic E-state index is 11.7. The first-order chi connectivity index (χ1) is 10.1. The van der Waals surface area contributed by atoms with Gasteiger partial charge in [0, 0.05) is 12.1 Å². The number of sulfonamides is 1. The van der Waals surface area contributed by atoms with Crippen LogP contribution in [0.15, 0.2) is 23.1 Å². The van der Waals surface area contributed by atoms with Gasteiger partial charge in [-0.15, -0.1) is 0 Å². The van der Waals surface area contributed by atoms with E-state index in [0.29, 0.717) is 6.42 Å². The van der Waals surface area contributed by atoms with Gasteiger partial charge in [0.15, 0.2) is 9.84 Å². The quantitative estimate of drug-likeness (QED) is 0.568. The summed E-state index contributed by atoms with van der Waals surface area (Å²) in [4.78, 5) is 10.2. The Labute approximate surface area is 127 Å². The SMILES string of the molecule is CNS(=O)(=O)c1ccc(NC2CCS(=O)(=O)C2)c([N+](=O)[O-])c1. The molecule has 2 rings (SSSR count). The van der Waals surface area contributed by atoms with Crippen molar-refractivity contribution >= 4 is 31.2 Å². The molecule has 1 fully saturated rings. The van der Waals surface area contributed by atoms with Crippen LogP contribution in [0.1, 0.15) is 6.42 Å². The molecule has 0 bridgehead atoms. The molecule has 1 aromatic rings. The number of nitrogens with one attached hydrogen (secondary N) is 2. The van der Waals surface area contributed by atoms with E-state index in [-0.39, 0.29) is 22.1 Å². The van der Waals surface area contributed by atoms with E-state index in [9.17, 15) is 26.9 Å². The number of anilines is 1. The average Bonchev–Trinajstić information content (AvgIpc) is 2.78. The highest BCUT2D eigenvalue weighted by atomic mass is 32.2. The van der Waals surface area contributed by atoms with Gasteiger partial charge < -0.3 is 5.32 Å². The molecule has 1 aliphatic heterocycles. The molecule has 22 heavy (non-hydrogen) atoms. The molecule has 1 aliphatic rings. The topological polar surface area (TPSA) is 135 Å². The third-order valence-corrected chi connectivity index (χ3v) is 6.52. The van der Waals surface area contributed by atoms with Gasteiger partial charge in [0.1, 0.15) is 5.69 Å². The van der Waals surface area contributed by atoms with Crippen LogP contribution in [-0.4, -0.2) is 46.4 Å². The highest BCUT2D eigenvalue weighted by molar-refractivity contribution is 7.91. The predicted molar refractivity (Wildman–Crippen MR) is 80.0 cm³/mol. The average molecular weight is 349 g/mol. The van der Waals surface area contributed by atoms with E-state index < -0.39 is 36.5 Å². The van der Waals surface area contributed by atoms with Crippen LogP contribution in [0, 0.1) is 10.1 Å². The van der Waals surface area contributed by atoms with Crippen LogP contribution >= 0.6 is 0 Å². The largest absolute Gasteiger partial charge is 0.376 e. The summed E-state index contributed by atoms with van der Waals surface area (Å²) in [6.45, 7) is 0. The van der Waals surface area contributed by atoms with Gasteiger partial charge in [0.2, 0.25) is 10.0 Å². The summed E-state index contributed by atoms with van der Waals surface area (Å²) < 4.78 is 48.3. The van der Waals surface area contributed by atoms with Crippen LogP contribution in [0.5, 0.6) is 0 Å². The lowest BCUT2D eigenvalue weighted by Crippen LogP contribution is -2.22. The maximum Gasteiger partial charge on any atom is 0.293 e. The Kier molecular flexibility index (Phi) is 4.40. The molecule has 2 N–H and O–H groups in total. The number of sulfone groups is 1. The fraction of sp³-hybridized carbons (Fsp3) is 0.455. The minimum atomic E-state index is -3.79. The molecule has 0 radical (unpaired) electrons. The zero-order chi connectivity index (χ0) is 16.5. The van der Waals surface area contributed by atoms with Gasteiger partial charge in [-0.25, -0.2) is 21.6 Å². The summed E-state index contributed by atoms with van der Waals surface area (Å²) in [6, 6.07) is 3.02. The van der Waals surface area contributed by atoms with E-state index in [1.807, 2.05) is 0 Å². The number of hydrogen-bond donors (Lipinski definition) is 2. The molecule has 0 amide bonds. The fourth-order valence-corrected chi connectivity index (χ4v) is 4.62. The second-order valence-corrected chi connectivity index (χ2v) is 9.00. The molecule has 1 heterocycles. The van der Waals surface area contributed by atoms with Gasteiger partial charge in [-0.3, -0.25) is 10.1 Å². The standard InChI is InChI=1S/C11H15N3O6S2/c1-12-22(19,20)9-2-3-10(11(6-9)14(15)16)13-8-4-5-21(17,18)7-8/h2-3,6,8,12-13H,4-5,7H2,1H3. The van der Waals surface area contributed by atoms with Gasteiger partial charge in [0.05, 0.1) is 21.3 Å². The Morgan fingerprint density at radius 3 is 2.55 bits per heavy atom. The van der Waals surface area contributed by atoms with Gasteiger partial charge in [-0.1, -0.05) is 0 Å². The first-order valence-electron chi connectivity index (χ1n) is 6.33. The minimum Gasteiger partial charge on any atom is -0.376 e. The van der Waals surface area contributed by atoms with E-state index in [4.69, 9.17) is 0 Å². The summed E-state index contributed by atoms with van der Waals surface area (Å²) in [5, 5.41) is 13.9. The third kappa shape index (κ3) is 3.54. The first kappa shape index (κ1) is 16.6. The molecule has 9 nitrogen and oxygen atoms in total. The number of hydrogen-bond acceptors (Lipinski definition) is 7. The third-order valence-electron chi connectivity index (χ3n) is 3.34. The number of rotatable bonds is 5. The Balaban J connectivity index is 2.35. The summed E-state index contributed by atoms with van der Waals surface area (Å²) >= 11 is 0. The van der Waals surface area contributed by atoms with Crippen molar-refractivity contribution in [3.05, 3.63) is 28.3 Å². The lowest BCUT2D eigenvalue weighted by atomic mass is 10.2. The summed E-state index contributed by atoms with van der Waals surface area (Å²) in [7, 11) is -5.71. The molecule has 122 valence electrons. The van der Waals surface area contributed by atoms with E-state index in [2.05, 4.69) is 10.0 Å². The number of benzene rings is 1. The van der Waals surface area contributed by atoms with Gasteiger partial charge >= 0.3 is 0 Å². The van der Waals surface area contributed by atoms with Crippen molar-refractivity contribution in [3.63, 3.8) is 0 Å². The highest BCUT2D eigenvalue weighted by Gasteiger charge is 2.30. The second kappa shape index (κ2) is 5.82. The number of nitro groups is 1. The van der Waals surface area contributed by atoms with Crippen LogP contribution in [0.2, 0.25) is 0 Å². The normalized spacial score (nSPS) is 20.7. The van der Waals surface area contributed by atoms with E-state index >= 15 is 0 Å². The number of nitro benzene ring substituents is 1. The molecular weight excluding hydrogens is 334 g/mol. The van der Waals surface area contributed by atoms with Crippen molar-refractivity contribution < 1.29 is 21.8 Å². The highest BCUT2D eigenvalue weighted by Crippen LogP contribution is 2.29. The molecule has 0 spiro atoms. The Morgan fingerprint density at radius 2 is 2.05 bits per heavy atom. The van der Waals surface area contributed by atoms with Crippen LogP contribution in [0.4, 0.5) is 11.4 Å². The van der Waals surface area contributed by atoms with E-state index in [1.54, 1.807) is 0 Å². The van der Waals surface area contributed by atoms with E-state index in [1.165, 1.54) is 19.2 Å². The number of nitrogens with zero attached hydrogens (tertiary/aromatic N) is 1.